The van der Waals surface area contributed by atoms with Crippen molar-refractivity contribution in [1.82, 2.24) is 4.90 Å². The van der Waals surface area contributed by atoms with Crippen LogP contribution in [0, 0.1) is 31.6 Å². The van der Waals surface area contributed by atoms with Crippen LogP contribution in [0.25, 0.3) is 0 Å². The molecular formula is C29H37BrN2O5S. The van der Waals surface area contributed by atoms with Crippen LogP contribution in [0.15, 0.2) is 43.5 Å². The number of nitrogens with zero attached hydrogens (tertiary/aromatic N) is 2. The summed E-state index contributed by atoms with van der Waals surface area (Å²) in [4.78, 5) is 45.5. The Labute approximate surface area is 237 Å². The highest BCUT2D eigenvalue weighted by atomic mass is 79.9. The smallest absolute Gasteiger partial charge is 0.311 e. The van der Waals surface area contributed by atoms with Gasteiger partial charge in [0.15, 0.2) is 0 Å². The number of hydrogen-bond acceptors (Lipinski definition) is 6. The normalized spacial score (nSPS) is 30.3. The molecule has 4 rings (SSSR count). The summed E-state index contributed by atoms with van der Waals surface area (Å²) >= 11 is 5.33. The molecule has 2 amide bonds. The first kappa shape index (κ1) is 28.9. The molecule has 38 heavy (non-hydrogen) atoms. The highest BCUT2D eigenvalue weighted by Gasteiger charge is 2.76. The number of thioether (sulfide) groups is 1. The molecule has 0 saturated carbocycles. The van der Waals surface area contributed by atoms with Gasteiger partial charge >= 0.3 is 5.97 Å². The zero-order chi connectivity index (χ0) is 27.9. The van der Waals surface area contributed by atoms with Gasteiger partial charge in [-0.1, -0.05) is 60.6 Å². The van der Waals surface area contributed by atoms with Gasteiger partial charge in [-0.3, -0.25) is 14.4 Å². The monoisotopic (exact) mass is 604 g/mol. The molecule has 3 unspecified atom stereocenters. The average Bonchev–Trinajstić information content (AvgIpc) is 3.46. The van der Waals surface area contributed by atoms with Gasteiger partial charge < -0.3 is 19.6 Å². The maximum atomic E-state index is 14.7. The first-order chi connectivity index (χ1) is 18.0. The molecule has 7 nitrogen and oxygen atoms in total. The molecule has 2 bridgehead atoms. The Hall–Kier alpha value is -2.10. The van der Waals surface area contributed by atoms with Gasteiger partial charge in [0.05, 0.1) is 29.2 Å². The quantitative estimate of drug-likeness (QED) is 0.246. The third-order valence-electron chi connectivity index (χ3n) is 8.12. The van der Waals surface area contributed by atoms with E-state index < -0.39 is 34.6 Å². The Morgan fingerprint density at radius 1 is 1.32 bits per heavy atom. The Morgan fingerprint density at radius 2 is 2.03 bits per heavy atom. The van der Waals surface area contributed by atoms with Crippen LogP contribution in [0.5, 0.6) is 0 Å². The summed E-state index contributed by atoms with van der Waals surface area (Å²) in [5, 5.41) is 10.2. The molecule has 3 aliphatic rings. The molecule has 3 fully saturated rings. The molecule has 3 saturated heterocycles. The van der Waals surface area contributed by atoms with Crippen molar-refractivity contribution >= 4 is 51.2 Å². The number of amides is 2. The highest BCUT2D eigenvalue weighted by Crippen LogP contribution is 2.68. The van der Waals surface area contributed by atoms with Crippen LogP contribution < -0.4 is 4.90 Å². The second-order valence-electron chi connectivity index (χ2n) is 10.8. The summed E-state index contributed by atoms with van der Waals surface area (Å²) in [7, 11) is 0. The van der Waals surface area contributed by atoms with Crippen LogP contribution in [-0.4, -0.2) is 74.5 Å². The standard InChI is InChI=1S/C29H37BrN2O5S/c1-7-11-31(20-13-17(5)9-10-18(20)6)27(35)25-29-14-19(30)24(38-29)22(28(36)37-12-8-2)23(29)26(34)32(25)21(15-33)16(3)4/h7-10,13,16,19,21-25,33H,1-2,11-12,14-15H2,3-6H3/t19?,21-,22-,23-,24-,25?,29?/m0/s1. The van der Waals surface area contributed by atoms with E-state index in [4.69, 9.17) is 4.74 Å². The number of likely N-dealkylation sites (tertiary alicyclic amines) is 1. The molecule has 0 aromatic heterocycles. The van der Waals surface area contributed by atoms with Crippen molar-refractivity contribution in [1.29, 1.82) is 0 Å². The molecule has 3 aliphatic heterocycles. The second-order valence-corrected chi connectivity index (χ2v) is 13.6. The minimum Gasteiger partial charge on any atom is -0.461 e. The van der Waals surface area contributed by atoms with Crippen molar-refractivity contribution in [2.24, 2.45) is 17.8 Å². The lowest BCUT2D eigenvalue weighted by Crippen LogP contribution is -2.59. The third-order valence-corrected chi connectivity index (χ3v) is 11.3. The van der Waals surface area contributed by atoms with Gasteiger partial charge in [0.2, 0.25) is 5.91 Å². The summed E-state index contributed by atoms with van der Waals surface area (Å²) in [6.45, 7) is 15.4. The van der Waals surface area contributed by atoms with E-state index >= 15 is 0 Å². The number of aliphatic hydroxyl groups is 1. The largest absolute Gasteiger partial charge is 0.461 e. The van der Waals surface area contributed by atoms with Gasteiger partial charge in [0.1, 0.15) is 12.6 Å². The maximum Gasteiger partial charge on any atom is 0.311 e. The molecule has 206 valence electrons. The number of hydrogen-bond donors (Lipinski definition) is 1. The van der Waals surface area contributed by atoms with Crippen molar-refractivity contribution in [2.45, 2.75) is 61.0 Å². The predicted octanol–water partition coefficient (Wildman–Crippen LogP) is 4.03. The van der Waals surface area contributed by atoms with Crippen LogP contribution in [0.1, 0.15) is 31.4 Å². The number of aliphatic hydroxyl groups excluding tert-OH is 1. The molecule has 3 heterocycles. The Kier molecular flexibility index (Phi) is 8.50. The number of alkyl halides is 1. The topological polar surface area (TPSA) is 87.1 Å². The van der Waals surface area contributed by atoms with E-state index in [-0.39, 0.29) is 47.6 Å². The number of halogens is 1. The summed E-state index contributed by atoms with van der Waals surface area (Å²) in [6.07, 6.45) is 3.75. The number of aryl methyl sites for hydroxylation is 2. The molecular weight excluding hydrogens is 568 g/mol. The summed E-state index contributed by atoms with van der Waals surface area (Å²) in [5.74, 6) is -2.42. The lowest BCUT2D eigenvalue weighted by Gasteiger charge is -2.41. The van der Waals surface area contributed by atoms with Gasteiger partial charge in [-0.05, 0) is 43.4 Å². The van der Waals surface area contributed by atoms with Gasteiger partial charge in [-0.25, -0.2) is 0 Å². The Bertz CT molecular complexity index is 1140. The van der Waals surface area contributed by atoms with Crippen LogP contribution in [-0.2, 0) is 19.1 Å². The van der Waals surface area contributed by atoms with Crippen LogP contribution >= 0.6 is 27.7 Å². The highest BCUT2D eigenvalue weighted by molar-refractivity contribution is 9.09. The minimum absolute atomic E-state index is 0.0602. The van der Waals surface area contributed by atoms with Crippen LogP contribution in [0.2, 0.25) is 0 Å². The minimum atomic E-state index is -0.855. The number of esters is 1. The fourth-order valence-corrected chi connectivity index (χ4v) is 10.0. The van der Waals surface area contributed by atoms with E-state index in [0.29, 0.717) is 6.42 Å². The fourth-order valence-electron chi connectivity index (χ4n) is 6.42. The van der Waals surface area contributed by atoms with Crippen LogP contribution in [0.3, 0.4) is 0 Å². The van der Waals surface area contributed by atoms with Gasteiger partial charge in [-0.15, -0.1) is 18.3 Å². The molecule has 1 aromatic carbocycles. The summed E-state index contributed by atoms with van der Waals surface area (Å²) in [5.41, 5.74) is 2.72. The van der Waals surface area contributed by atoms with Crippen molar-refractivity contribution in [3.8, 4) is 0 Å². The van der Waals surface area contributed by atoms with Crippen LogP contribution in [0.4, 0.5) is 5.69 Å². The van der Waals surface area contributed by atoms with Crippen molar-refractivity contribution in [3.63, 3.8) is 0 Å². The van der Waals surface area contributed by atoms with E-state index in [1.54, 1.807) is 27.6 Å². The first-order valence-electron chi connectivity index (χ1n) is 13.1. The lowest BCUT2D eigenvalue weighted by atomic mass is 9.71. The molecule has 1 aromatic rings. The zero-order valence-electron chi connectivity index (χ0n) is 22.4. The van der Waals surface area contributed by atoms with Gasteiger partial charge in [0, 0.05) is 22.3 Å². The maximum absolute atomic E-state index is 14.7. The fraction of sp³-hybridized carbons (Fsp3) is 0.552. The second kappa shape index (κ2) is 11.2. The molecule has 1 spiro atoms. The van der Waals surface area contributed by atoms with E-state index in [2.05, 4.69) is 29.1 Å². The van der Waals surface area contributed by atoms with E-state index in [1.165, 1.54) is 6.08 Å². The van der Waals surface area contributed by atoms with E-state index in [9.17, 15) is 19.5 Å². The van der Waals surface area contributed by atoms with Crippen molar-refractivity contribution in [3.05, 3.63) is 54.6 Å². The number of anilines is 1. The van der Waals surface area contributed by atoms with Gasteiger partial charge in [-0.2, -0.15) is 0 Å². The molecule has 1 N–H and O–H groups in total. The van der Waals surface area contributed by atoms with Crippen molar-refractivity contribution < 1.29 is 24.2 Å². The SMILES string of the molecule is C=CCOC(=O)[C@H]1[C@H]2C(=O)N([C@@H](CO)C(C)C)C(C(=O)N(CC=C)c3cc(C)ccc3C)C23CC(Br)[C@@H]1S3. The number of carbonyl (C=O) groups excluding carboxylic acids is 3. The first-order valence-corrected chi connectivity index (χ1v) is 14.9. The Morgan fingerprint density at radius 3 is 2.63 bits per heavy atom. The van der Waals surface area contributed by atoms with Gasteiger partial charge in [0.25, 0.3) is 5.91 Å². The number of benzene rings is 1. The van der Waals surface area contributed by atoms with E-state index in [1.807, 2.05) is 45.9 Å². The van der Waals surface area contributed by atoms with Crippen molar-refractivity contribution in [2.75, 3.05) is 24.7 Å². The molecule has 7 atom stereocenters. The lowest BCUT2D eigenvalue weighted by molar-refractivity contribution is -0.153. The average molecular weight is 606 g/mol. The summed E-state index contributed by atoms with van der Waals surface area (Å²) < 4.78 is 4.63. The number of fused-ring (bicyclic) bond motifs is 1. The molecule has 0 aliphatic carbocycles. The number of carbonyl (C=O) groups is 3. The third kappa shape index (κ3) is 4.54. The molecule has 0 radical (unpaired) electrons. The predicted molar refractivity (Wildman–Crippen MR) is 154 cm³/mol. The number of ether oxygens (including phenoxy) is 1. The number of rotatable bonds is 10. The summed E-state index contributed by atoms with van der Waals surface area (Å²) in [6, 6.07) is 4.53. The zero-order valence-corrected chi connectivity index (χ0v) is 24.8. The Balaban J connectivity index is 1.87. The van der Waals surface area contributed by atoms with E-state index in [0.717, 1.165) is 16.8 Å². The molecule has 9 heteroatoms.